The van der Waals surface area contributed by atoms with Gasteiger partial charge < -0.3 is 10.8 Å². The van der Waals surface area contributed by atoms with Crippen molar-refractivity contribution in [3.05, 3.63) is 45.6 Å². The number of carboxylic acid groups (broad SMARTS) is 1. The van der Waals surface area contributed by atoms with Crippen molar-refractivity contribution >= 4 is 41.5 Å². The Balaban J connectivity index is 1.78. The maximum atomic E-state index is 11.8. The molecule has 6 nitrogen and oxygen atoms in total. The summed E-state index contributed by atoms with van der Waals surface area (Å²) in [6.07, 6.45) is 3.62. The van der Waals surface area contributed by atoms with Gasteiger partial charge in [-0.15, -0.1) is 11.8 Å². The lowest BCUT2D eigenvalue weighted by Gasteiger charge is -2.47. The number of rotatable bonds is 4. The number of hydrogen-bond donors (Lipinski definition) is 2. The number of amides is 1. The first-order valence-corrected chi connectivity index (χ1v) is 8.84. The van der Waals surface area contributed by atoms with Gasteiger partial charge in [0.05, 0.1) is 0 Å². The smallest absolute Gasteiger partial charge is 0.353 e. The van der Waals surface area contributed by atoms with Crippen molar-refractivity contribution in [3.63, 3.8) is 0 Å². The number of carbonyl (C=O) groups excluding carboxylic acids is 1. The highest BCUT2D eigenvalue weighted by atomic mass is 32.2. The summed E-state index contributed by atoms with van der Waals surface area (Å²) in [5, 5.41) is 11.0. The van der Waals surface area contributed by atoms with Crippen LogP contribution in [-0.2, 0) is 9.59 Å². The van der Waals surface area contributed by atoms with Gasteiger partial charge in [0.1, 0.15) is 17.1 Å². The van der Waals surface area contributed by atoms with E-state index in [1.54, 1.807) is 6.20 Å². The molecule has 1 amide bonds. The topological polar surface area (TPSA) is 96.5 Å². The number of pyridine rings is 1. The number of hydrogen-bond acceptors (Lipinski definition) is 6. The summed E-state index contributed by atoms with van der Waals surface area (Å²) in [5.41, 5.74) is 7.64. The summed E-state index contributed by atoms with van der Waals surface area (Å²) in [6.45, 7) is 1.91. The third kappa shape index (κ3) is 3.01. The van der Waals surface area contributed by atoms with Gasteiger partial charge in [0.25, 0.3) is 0 Å². The fraction of sp³-hybridized carbons (Fsp3) is 0.267. The second-order valence-electron chi connectivity index (χ2n) is 5.17. The third-order valence-corrected chi connectivity index (χ3v) is 5.96. The molecule has 0 radical (unpaired) electrons. The number of carbonyl (C=O) groups is 2. The maximum Gasteiger partial charge on any atom is 0.353 e. The van der Waals surface area contributed by atoms with Gasteiger partial charge in [-0.1, -0.05) is 17.8 Å². The Kier molecular flexibility index (Phi) is 4.47. The Bertz CT molecular complexity index is 715. The van der Waals surface area contributed by atoms with Gasteiger partial charge in [-0.05, 0) is 30.0 Å². The van der Waals surface area contributed by atoms with E-state index in [4.69, 9.17) is 5.73 Å². The molecule has 8 heteroatoms. The van der Waals surface area contributed by atoms with Gasteiger partial charge >= 0.3 is 5.97 Å². The largest absolute Gasteiger partial charge is 0.477 e. The molecule has 0 spiro atoms. The number of thioether (sulfide) groups is 2. The number of nitrogens with zero attached hydrogens (tertiary/aromatic N) is 2. The van der Waals surface area contributed by atoms with Gasteiger partial charge in [-0.3, -0.25) is 14.7 Å². The minimum absolute atomic E-state index is 0.0529. The first kappa shape index (κ1) is 16.1. The quantitative estimate of drug-likeness (QED) is 0.798. The van der Waals surface area contributed by atoms with E-state index in [9.17, 15) is 14.7 Å². The number of β-lactam (4-membered cyclic amide) rings is 1. The van der Waals surface area contributed by atoms with Crippen molar-refractivity contribution in [2.24, 2.45) is 5.73 Å². The Morgan fingerprint density at radius 1 is 1.57 bits per heavy atom. The fourth-order valence-corrected chi connectivity index (χ4v) is 4.65. The molecule has 0 bridgehead atoms. The second-order valence-corrected chi connectivity index (χ2v) is 7.27. The van der Waals surface area contributed by atoms with Gasteiger partial charge in [-0.2, -0.15) is 0 Å². The summed E-state index contributed by atoms with van der Waals surface area (Å²) in [5.74, 6) is -0.891. The van der Waals surface area contributed by atoms with Crippen molar-refractivity contribution in [3.8, 4) is 0 Å². The highest BCUT2D eigenvalue weighted by Crippen LogP contribution is 2.42. The van der Waals surface area contributed by atoms with Gasteiger partial charge in [-0.25, -0.2) is 4.79 Å². The molecule has 3 rings (SSSR count). The van der Waals surface area contributed by atoms with E-state index in [1.165, 1.54) is 28.4 Å². The predicted molar refractivity (Wildman–Crippen MR) is 91.3 cm³/mol. The van der Waals surface area contributed by atoms with Crippen molar-refractivity contribution in [1.82, 2.24) is 9.88 Å². The Morgan fingerprint density at radius 3 is 3.00 bits per heavy atom. The van der Waals surface area contributed by atoms with Crippen molar-refractivity contribution in [2.75, 3.05) is 5.75 Å². The average Bonchev–Trinajstić information content (AvgIpc) is 2.55. The maximum absolute atomic E-state index is 11.8. The Hall–Kier alpha value is -1.77. The van der Waals surface area contributed by atoms with E-state index in [-0.39, 0.29) is 17.0 Å². The minimum atomic E-state index is -1.09. The van der Waals surface area contributed by atoms with Crippen LogP contribution >= 0.6 is 23.5 Å². The molecule has 2 atom stereocenters. The summed E-state index contributed by atoms with van der Waals surface area (Å²) in [7, 11) is 0. The van der Waals surface area contributed by atoms with Crippen LogP contribution in [0.15, 0.2) is 34.3 Å². The molecule has 3 N–H and O–H groups in total. The number of nitrogens with two attached hydrogens (primary N) is 1. The lowest BCUT2D eigenvalue weighted by Crippen LogP contribution is -2.68. The molecule has 3 heterocycles. The van der Waals surface area contributed by atoms with E-state index in [0.717, 1.165) is 11.3 Å². The number of fused-ring (bicyclic) bond motifs is 1. The average molecular weight is 349 g/mol. The Morgan fingerprint density at radius 2 is 2.35 bits per heavy atom. The van der Waals surface area contributed by atoms with Crippen LogP contribution < -0.4 is 5.73 Å². The van der Waals surface area contributed by atoms with Gasteiger partial charge in [0.15, 0.2) is 0 Å². The Labute approximate surface area is 141 Å². The van der Waals surface area contributed by atoms with E-state index < -0.39 is 12.0 Å². The SMILES string of the molecule is Cc1ccc(C=CSC2=C(C(=O)O)N3C(=O)C(N)[C@@H]3SC2)cn1. The lowest BCUT2D eigenvalue weighted by molar-refractivity contribution is -0.147. The normalized spacial score (nSPS) is 23.9. The fourth-order valence-electron chi connectivity index (χ4n) is 2.35. The molecular weight excluding hydrogens is 334 g/mol. The van der Waals surface area contributed by atoms with Crippen LogP contribution in [0.5, 0.6) is 0 Å². The van der Waals surface area contributed by atoms with Crippen molar-refractivity contribution in [1.29, 1.82) is 0 Å². The van der Waals surface area contributed by atoms with Crippen molar-refractivity contribution < 1.29 is 14.7 Å². The molecule has 0 aliphatic carbocycles. The highest BCUT2D eigenvalue weighted by molar-refractivity contribution is 8.08. The zero-order chi connectivity index (χ0) is 16.6. The third-order valence-electron chi connectivity index (χ3n) is 3.58. The molecule has 1 aromatic heterocycles. The first-order valence-electron chi connectivity index (χ1n) is 6.91. The molecule has 1 unspecified atom stereocenters. The molecule has 1 aromatic rings. The molecular formula is C15H15N3O3S2. The van der Waals surface area contributed by atoms with Crippen LogP contribution in [0.1, 0.15) is 11.3 Å². The zero-order valence-corrected chi connectivity index (χ0v) is 13.9. The van der Waals surface area contributed by atoms with Crippen molar-refractivity contribution in [2.45, 2.75) is 18.3 Å². The molecule has 0 aromatic carbocycles. The van der Waals surface area contributed by atoms with Gasteiger partial charge in [0, 0.05) is 22.5 Å². The zero-order valence-electron chi connectivity index (χ0n) is 12.3. The number of carboxylic acids is 1. The predicted octanol–water partition coefficient (Wildman–Crippen LogP) is 1.63. The molecule has 1 fully saturated rings. The van der Waals surface area contributed by atoms with E-state index >= 15 is 0 Å². The highest BCUT2D eigenvalue weighted by Gasteiger charge is 2.51. The molecule has 2 aliphatic heterocycles. The summed E-state index contributed by atoms with van der Waals surface area (Å²) < 4.78 is 0. The molecule has 23 heavy (non-hydrogen) atoms. The first-order chi connectivity index (χ1) is 11.0. The van der Waals surface area contributed by atoms with Crippen LogP contribution in [0.4, 0.5) is 0 Å². The second kappa shape index (κ2) is 6.38. The van der Waals surface area contributed by atoms with Crippen LogP contribution in [0.2, 0.25) is 0 Å². The van der Waals surface area contributed by atoms with Gasteiger partial charge in [0.2, 0.25) is 5.91 Å². The lowest BCUT2D eigenvalue weighted by atomic mass is 10.1. The monoisotopic (exact) mass is 349 g/mol. The number of aromatic nitrogens is 1. The summed E-state index contributed by atoms with van der Waals surface area (Å²) >= 11 is 2.80. The molecule has 2 aliphatic rings. The number of aliphatic carboxylic acids is 1. The standard InChI is InChI=1S/C15H15N3O3S2/c1-8-2-3-9(6-17-8)4-5-22-10-7-23-14-11(16)13(19)18(14)12(10)15(20)21/h2-6,11,14H,7,16H2,1H3,(H,20,21)/t11?,14-/m0/s1. The molecule has 1 saturated heterocycles. The van der Waals surface area contributed by atoms with Crippen LogP contribution in [0, 0.1) is 6.92 Å². The van der Waals surface area contributed by atoms with E-state index in [2.05, 4.69) is 4.98 Å². The van der Waals surface area contributed by atoms with Crippen LogP contribution in [0.25, 0.3) is 6.08 Å². The van der Waals surface area contributed by atoms with Crippen LogP contribution in [-0.4, -0.2) is 44.0 Å². The number of aryl methyl sites for hydroxylation is 1. The van der Waals surface area contributed by atoms with E-state index in [0.29, 0.717) is 10.7 Å². The summed E-state index contributed by atoms with van der Waals surface area (Å²) in [6, 6.07) is 3.25. The minimum Gasteiger partial charge on any atom is -0.477 e. The van der Waals surface area contributed by atoms with Crippen LogP contribution in [0.3, 0.4) is 0 Å². The molecule has 120 valence electrons. The molecule has 0 saturated carbocycles. The van der Waals surface area contributed by atoms with E-state index in [1.807, 2.05) is 30.5 Å². The summed E-state index contributed by atoms with van der Waals surface area (Å²) in [4.78, 5) is 29.5.